The molecule has 1 saturated carbocycles. The van der Waals surface area contributed by atoms with Gasteiger partial charge in [-0.25, -0.2) is 9.18 Å². The lowest BCUT2D eigenvalue weighted by molar-refractivity contribution is -0.131. The fourth-order valence-corrected chi connectivity index (χ4v) is 1.72. The zero-order chi connectivity index (χ0) is 15.2. The van der Waals surface area contributed by atoms with Gasteiger partial charge in [-0.3, -0.25) is 4.79 Å². The molecule has 6 heteroatoms. The van der Waals surface area contributed by atoms with Crippen LogP contribution in [-0.4, -0.2) is 29.6 Å². The molecule has 2 rings (SSSR count). The minimum atomic E-state index is -1.11. The number of carbonyl (C=O) groups is 2. The highest BCUT2D eigenvalue weighted by atomic mass is 19.1. The third-order valence-corrected chi connectivity index (χ3v) is 2.85. The number of carboxylic acids is 1. The Bertz CT molecular complexity index is 567. The van der Waals surface area contributed by atoms with Gasteiger partial charge in [0.1, 0.15) is 11.6 Å². The molecular weight excluding hydrogens is 277 g/mol. The predicted molar refractivity (Wildman–Crippen MR) is 74.3 cm³/mol. The summed E-state index contributed by atoms with van der Waals surface area (Å²) in [6.07, 6.45) is 4.44. The summed E-state index contributed by atoms with van der Waals surface area (Å²) in [4.78, 5) is 21.9. The van der Waals surface area contributed by atoms with Crippen LogP contribution < -0.4 is 10.1 Å². The van der Waals surface area contributed by atoms with Gasteiger partial charge in [-0.2, -0.15) is 0 Å². The lowest BCUT2D eigenvalue weighted by atomic mass is 10.2. The van der Waals surface area contributed by atoms with Crippen LogP contribution in [0.4, 0.5) is 4.39 Å². The van der Waals surface area contributed by atoms with Crippen molar-refractivity contribution in [3.8, 4) is 5.75 Å². The Hall–Kier alpha value is -2.37. The molecule has 1 aliphatic rings. The topological polar surface area (TPSA) is 75.6 Å². The SMILES string of the molecule is O=C(O)/C=C/c1cc(F)cc(OCCC(=O)NC2CC2)c1. The molecule has 0 unspecified atom stereocenters. The Labute approximate surface area is 121 Å². The van der Waals surface area contributed by atoms with Crippen LogP contribution in [-0.2, 0) is 9.59 Å². The molecule has 1 aromatic carbocycles. The second-order valence-corrected chi connectivity index (χ2v) is 4.83. The van der Waals surface area contributed by atoms with E-state index < -0.39 is 11.8 Å². The molecule has 1 amide bonds. The molecule has 0 atom stereocenters. The summed E-state index contributed by atoms with van der Waals surface area (Å²) in [5.41, 5.74) is 0.384. The number of rotatable bonds is 7. The van der Waals surface area contributed by atoms with E-state index in [4.69, 9.17) is 9.84 Å². The molecule has 21 heavy (non-hydrogen) atoms. The van der Waals surface area contributed by atoms with Gasteiger partial charge in [0.15, 0.2) is 0 Å². The number of halogens is 1. The van der Waals surface area contributed by atoms with Crippen molar-refractivity contribution in [2.24, 2.45) is 0 Å². The second kappa shape index (κ2) is 6.88. The average molecular weight is 293 g/mol. The lowest BCUT2D eigenvalue weighted by Crippen LogP contribution is -2.26. The van der Waals surface area contributed by atoms with Gasteiger partial charge in [-0.15, -0.1) is 0 Å². The van der Waals surface area contributed by atoms with Crippen LogP contribution in [0.2, 0.25) is 0 Å². The number of benzene rings is 1. The molecule has 0 radical (unpaired) electrons. The van der Waals surface area contributed by atoms with Crippen molar-refractivity contribution in [1.29, 1.82) is 0 Å². The van der Waals surface area contributed by atoms with Crippen molar-refractivity contribution in [1.82, 2.24) is 5.32 Å². The number of aliphatic carboxylic acids is 1. The molecule has 0 heterocycles. The molecule has 1 aromatic rings. The molecule has 112 valence electrons. The number of hydrogen-bond acceptors (Lipinski definition) is 3. The van der Waals surface area contributed by atoms with Gasteiger partial charge in [0.05, 0.1) is 13.0 Å². The third-order valence-electron chi connectivity index (χ3n) is 2.85. The Morgan fingerprint density at radius 1 is 1.38 bits per heavy atom. The van der Waals surface area contributed by atoms with Crippen LogP contribution in [0.25, 0.3) is 6.08 Å². The van der Waals surface area contributed by atoms with E-state index in [1.807, 2.05) is 0 Å². The summed E-state index contributed by atoms with van der Waals surface area (Å²) >= 11 is 0. The van der Waals surface area contributed by atoms with E-state index in [2.05, 4.69) is 5.32 Å². The monoisotopic (exact) mass is 293 g/mol. The maximum Gasteiger partial charge on any atom is 0.328 e. The van der Waals surface area contributed by atoms with E-state index in [9.17, 15) is 14.0 Å². The van der Waals surface area contributed by atoms with Crippen LogP contribution in [0, 0.1) is 5.82 Å². The second-order valence-electron chi connectivity index (χ2n) is 4.83. The fourth-order valence-electron chi connectivity index (χ4n) is 1.72. The van der Waals surface area contributed by atoms with Gasteiger partial charge >= 0.3 is 5.97 Å². The molecular formula is C15H16FNO4. The molecule has 1 fully saturated rings. The van der Waals surface area contributed by atoms with E-state index in [0.29, 0.717) is 11.6 Å². The summed E-state index contributed by atoms with van der Waals surface area (Å²) < 4.78 is 18.7. The first-order valence-electron chi connectivity index (χ1n) is 6.67. The zero-order valence-corrected chi connectivity index (χ0v) is 11.3. The maximum atomic E-state index is 13.4. The molecule has 2 N–H and O–H groups in total. The Balaban J connectivity index is 1.86. The summed E-state index contributed by atoms with van der Waals surface area (Å²) in [6.45, 7) is 0.143. The minimum Gasteiger partial charge on any atom is -0.493 e. The Morgan fingerprint density at radius 2 is 2.14 bits per heavy atom. The number of amides is 1. The first-order valence-corrected chi connectivity index (χ1v) is 6.67. The van der Waals surface area contributed by atoms with Crippen molar-refractivity contribution in [2.45, 2.75) is 25.3 Å². The summed E-state index contributed by atoms with van der Waals surface area (Å²) in [7, 11) is 0. The summed E-state index contributed by atoms with van der Waals surface area (Å²) in [5.74, 6) is -1.46. The predicted octanol–water partition coefficient (Wildman–Crippen LogP) is 1.97. The van der Waals surface area contributed by atoms with E-state index in [1.165, 1.54) is 24.3 Å². The summed E-state index contributed by atoms with van der Waals surface area (Å²) in [5, 5.41) is 11.4. The number of ether oxygens (including phenoxy) is 1. The minimum absolute atomic E-state index is 0.0834. The zero-order valence-electron chi connectivity index (χ0n) is 11.3. The third kappa shape index (κ3) is 5.64. The maximum absolute atomic E-state index is 13.4. The molecule has 5 nitrogen and oxygen atoms in total. The first kappa shape index (κ1) is 15.0. The Kier molecular flexibility index (Phi) is 4.92. The van der Waals surface area contributed by atoms with E-state index in [1.54, 1.807) is 0 Å². The highest BCUT2D eigenvalue weighted by molar-refractivity contribution is 5.85. The number of hydrogen-bond donors (Lipinski definition) is 2. The number of carboxylic acid groups (broad SMARTS) is 1. The molecule has 0 bridgehead atoms. The van der Waals surface area contributed by atoms with Crippen LogP contribution in [0.15, 0.2) is 24.3 Å². The van der Waals surface area contributed by atoms with Crippen LogP contribution >= 0.6 is 0 Å². The van der Waals surface area contributed by atoms with Crippen molar-refractivity contribution in [3.05, 3.63) is 35.7 Å². The van der Waals surface area contributed by atoms with Crippen molar-refractivity contribution < 1.29 is 23.8 Å². The molecule has 0 saturated heterocycles. The van der Waals surface area contributed by atoms with Gasteiger partial charge in [0.2, 0.25) is 5.91 Å². The molecule has 0 aromatic heterocycles. The first-order chi connectivity index (χ1) is 10.0. The van der Waals surface area contributed by atoms with E-state index in [0.717, 1.165) is 18.9 Å². The fraction of sp³-hybridized carbons (Fsp3) is 0.333. The summed E-state index contributed by atoms with van der Waals surface area (Å²) in [6, 6.07) is 4.21. The molecule has 0 spiro atoms. The van der Waals surface area contributed by atoms with E-state index in [-0.39, 0.29) is 24.7 Å². The van der Waals surface area contributed by atoms with Crippen LogP contribution in [0.5, 0.6) is 5.75 Å². The molecule has 1 aliphatic carbocycles. The van der Waals surface area contributed by atoms with Gasteiger partial charge in [-0.1, -0.05) is 0 Å². The van der Waals surface area contributed by atoms with E-state index >= 15 is 0 Å². The standard InChI is InChI=1S/C15H16FNO4/c16-11-7-10(1-4-15(19)20)8-13(9-11)21-6-5-14(18)17-12-2-3-12/h1,4,7-9,12H,2-3,5-6H2,(H,17,18)(H,19,20)/b4-1+. The highest BCUT2D eigenvalue weighted by Gasteiger charge is 2.22. The van der Waals surface area contributed by atoms with Gasteiger partial charge < -0.3 is 15.2 Å². The Morgan fingerprint density at radius 3 is 2.81 bits per heavy atom. The number of carbonyl (C=O) groups excluding carboxylic acids is 1. The molecule has 0 aliphatic heterocycles. The highest BCUT2D eigenvalue weighted by Crippen LogP contribution is 2.19. The normalized spacial score (nSPS) is 14.1. The van der Waals surface area contributed by atoms with Crippen LogP contribution in [0.3, 0.4) is 0 Å². The number of nitrogens with one attached hydrogen (secondary N) is 1. The van der Waals surface area contributed by atoms with Crippen molar-refractivity contribution in [3.63, 3.8) is 0 Å². The smallest absolute Gasteiger partial charge is 0.328 e. The van der Waals surface area contributed by atoms with Gasteiger partial charge in [0, 0.05) is 18.2 Å². The largest absolute Gasteiger partial charge is 0.493 e. The van der Waals surface area contributed by atoms with Crippen LogP contribution in [0.1, 0.15) is 24.8 Å². The quantitative estimate of drug-likeness (QED) is 0.754. The van der Waals surface area contributed by atoms with Gasteiger partial charge in [0.25, 0.3) is 0 Å². The van der Waals surface area contributed by atoms with Crippen molar-refractivity contribution >= 4 is 18.0 Å². The van der Waals surface area contributed by atoms with Gasteiger partial charge in [-0.05, 0) is 36.6 Å². The average Bonchev–Trinajstić information content (AvgIpc) is 3.19. The van der Waals surface area contributed by atoms with Crippen molar-refractivity contribution in [2.75, 3.05) is 6.61 Å². The lowest BCUT2D eigenvalue weighted by Gasteiger charge is -2.07.